The Kier molecular flexibility index (Phi) is 5.67. The number of carbonyl (C=O) groups excluding carboxylic acids is 4. The van der Waals surface area contributed by atoms with Crippen LogP contribution in [0.15, 0.2) is 57.1 Å². The fourth-order valence-corrected chi connectivity index (χ4v) is 7.60. The van der Waals surface area contributed by atoms with E-state index in [1.807, 2.05) is 6.08 Å². The third-order valence-electron chi connectivity index (χ3n) is 8.84. The summed E-state index contributed by atoms with van der Waals surface area (Å²) in [7, 11) is 0. The lowest BCUT2D eigenvalue weighted by Gasteiger charge is -2.42. The molecule has 0 unspecified atom stereocenters. The normalized spacial score (nSPS) is 30.7. The van der Waals surface area contributed by atoms with Gasteiger partial charge in [0.25, 0.3) is 0 Å². The SMILES string of the molecule is CC1=CC(=O)C2=C(C[C@@H]3C(=CC[C@@H]4C(=O)N(C5CCCCC5)C(=O)[C@@H]43)[C@@H]2c2cc(Br)ccc2O)C1=O. The molecule has 1 saturated carbocycles. The number of halogens is 1. The second-order valence-electron chi connectivity index (χ2n) is 10.8. The third kappa shape index (κ3) is 3.42. The Balaban J connectivity index is 1.48. The number of amides is 2. The Bertz CT molecular complexity index is 1310. The number of fused-ring (bicyclic) bond motifs is 3. The van der Waals surface area contributed by atoms with Crippen LogP contribution in [0.25, 0.3) is 0 Å². The molecule has 6 rings (SSSR count). The minimum Gasteiger partial charge on any atom is -0.508 e. The van der Waals surface area contributed by atoms with Crippen molar-refractivity contribution < 1.29 is 24.3 Å². The average molecular weight is 550 g/mol. The van der Waals surface area contributed by atoms with Crippen molar-refractivity contribution in [1.82, 2.24) is 4.90 Å². The van der Waals surface area contributed by atoms with Crippen molar-refractivity contribution in [2.45, 2.75) is 63.8 Å². The summed E-state index contributed by atoms with van der Waals surface area (Å²) >= 11 is 3.47. The number of phenols is 1. The zero-order valence-corrected chi connectivity index (χ0v) is 21.7. The number of benzene rings is 1. The van der Waals surface area contributed by atoms with Gasteiger partial charge in [-0.2, -0.15) is 0 Å². The molecule has 0 radical (unpaired) electrons. The molecule has 1 saturated heterocycles. The van der Waals surface area contributed by atoms with E-state index in [4.69, 9.17) is 0 Å². The van der Waals surface area contributed by atoms with Crippen molar-refractivity contribution in [2.24, 2.45) is 17.8 Å². The Morgan fingerprint density at radius 2 is 1.75 bits per heavy atom. The molecule has 1 aliphatic heterocycles. The van der Waals surface area contributed by atoms with Crippen molar-refractivity contribution in [1.29, 1.82) is 0 Å². The molecule has 5 aliphatic rings. The Morgan fingerprint density at radius 1 is 1.00 bits per heavy atom. The Labute approximate surface area is 218 Å². The number of imide groups is 1. The summed E-state index contributed by atoms with van der Waals surface area (Å²) in [6, 6.07) is 5.03. The van der Waals surface area contributed by atoms with Crippen molar-refractivity contribution in [3.63, 3.8) is 0 Å². The first kappa shape index (κ1) is 23.6. The first-order chi connectivity index (χ1) is 17.3. The van der Waals surface area contributed by atoms with E-state index < -0.39 is 17.8 Å². The summed E-state index contributed by atoms with van der Waals surface area (Å²) in [5.74, 6) is -2.58. The molecule has 1 aromatic carbocycles. The minimum atomic E-state index is -0.635. The van der Waals surface area contributed by atoms with E-state index >= 15 is 0 Å². The number of aromatic hydroxyl groups is 1. The minimum absolute atomic E-state index is 0.0305. The van der Waals surface area contributed by atoms with Crippen LogP contribution in [0.1, 0.15) is 63.4 Å². The maximum Gasteiger partial charge on any atom is 0.233 e. The highest BCUT2D eigenvalue weighted by Gasteiger charge is 2.57. The molecule has 4 atom stereocenters. The predicted octanol–water partition coefficient (Wildman–Crippen LogP) is 4.92. The molecule has 4 aliphatic carbocycles. The number of allylic oxidation sites excluding steroid dienone is 6. The van der Waals surface area contributed by atoms with Gasteiger partial charge in [0.15, 0.2) is 11.6 Å². The molecule has 0 spiro atoms. The number of hydrogen-bond acceptors (Lipinski definition) is 5. The van der Waals surface area contributed by atoms with Crippen LogP contribution >= 0.6 is 15.9 Å². The van der Waals surface area contributed by atoms with Crippen LogP contribution in [0.4, 0.5) is 0 Å². The van der Waals surface area contributed by atoms with Gasteiger partial charge < -0.3 is 5.11 Å². The highest BCUT2D eigenvalue weighted by molar-refractivity contribution is 9.10. The van der Waals surface area contributed by atoms with Gasteiger partial charge in [0, 0.05) is 38.7 Å². The number of likely N-dealkylation sites (tertiary alicyclic amines) is 1. The topological polar surface area (TPSA) is 91.8 Å². The van der Waals surface area contributed by atoms with Gasteiger partial charge in [-0.25, -0.2) is 0 Å². The predicted molar refractivity (Wildman–Crippen MR) is 136 cm³/mol. The van der Waals surface area contributed by atoms with Crippen molar-refractivity contribution in [2.75, 3.05) is 0 Å². The zero-order valence-electron chi connectivity index (χ0n) is 20.1. The fourth-order valence-electron chi connectivity index (χ4n) is 7.22. The van der Waals surface area contributed by atoms with Gasteiger partial charge in [0.2, 0.25) is 11.8 Å². The summed E-state index contributed by atoms with van der Waals surface area (Å²) in [6.45, 7) is 1.64. The van der Waals surface area contributed by atoms with E-state index in [-0.39, 0.29) is 47.5 Å². The van der Waals surface area contributed by atoms with Crippen molar-refractivity contribution >= 4 is 39.3 Å². The number of Topliss-reactive ketones (excluding diaryl/α,β-unsaturated/α-hetero) is 1. The van der Waals surface area contributed by atoms with Crippen LogP contribution in [-0.2, 0) is 19.2 Å². The smallest absolute Gasteiger partial charge is 0.233 e. The van der Waals surface area contributed by atoms with E-state index in [9.17, 15) is 24.3 Å². The average Bonchev–Trinajstić information content (AvgIpc) is 3.13. The van der Waals surface area contributed by atoms with Gasteiger partial charge in [-0.3, -0.25) is 24.1 Å². The highest BCUT2D eigenvalue weighted by Crippen LogP contribution is 2.56. The first-order valence-corrected chi connectivity index (χ1v) is 13.6. The molecule has 1 aromatic rings. The van der Waals surface area contributed by atoms with E-state index in [0.717, 1.165) is 42.1 Å². The van der Waals surface area contributed by atoms with Crippen LogP contribution < -0.4 is 0 Å². The molecule has 186 valence electrons. The molecule has 1 heterocycles. The molecule has 36 heavy (non-hydrogen) atoms. The summed E-state index contributed by atoms with van der Waals surface area (Å²) in [5.41, 5.74) is 2.59. The maximum absolute atomic E-state index is 13.9. The van der Waals surface area contributed by atoms with Gasteiger partial charge >= 0.3 is 0 Å². The summed E-state index contributed by atoms with van der Waals surface area (Å²) < 4.78 is 0.741. The lowest BCUT2D eigenvalue weighted by atomic mass is 9.59. The van der Waals surface area contributed by atoms with Gasteiger partial charge in [0.05, 0.1) is 11.8 Å². The second-order valence-corrected chi connectivity index (χ2v) is 11.7. The number of rotatable bonds is 2. The van der Waals surface area contributed by atoms with Crippen molar-refractivity contribution in [3.8, 4) is 5.75 Å². The standard InChI is InChI=1S/C29H28BrNO5/c1-14-11-23(33)26-21(27(14)34)13-19-17(24(26)20-12-15(30)7-10-22(20)32)8-9-18-25(19)29(36)31(28(18)35)16-5-3-2-4-6-16/h7-8,10-12,16,18-19,24-25,32H,2-6,9,13H2,1H3/t18-,19+,24+,25-/m0/s1. The molecule has 2 amide bonds. The molecule has 2 fully saturated rings. The molecular weight excluding hydrogens is 522 g/mol. The molecule has 0 bridgehead atoms. The van der Waals surface area contributed by atoms with E-state index in [1.54, 1.807) is 30.0 Å². The highest BCUT2D eigenvalue weighted by atomic mass is 79.9. The molecule has 0 aromatic heterocycles. The van der Waals surface area contributed by atoms with Crippen LogP contribution in [0.3, 0.4) is 0 Å². The van der Waals surface area contributed by atoms with Gasteiger partial charge in [-0.15, -0.1) is 0 Å². The summed E-state index contributed by atoms with van der Waals surface area (Å²) in [5, 5.41) is 10.9. The monoisotopic (exact) mass is 549 g/mol. The zero-order chi connectivity index (χ0) is 25.3. The molecule has 1 N–H and O–H groups in total. The van der Waals surface area contributed by atoms with E-state index in [2.05, 4.69) is 15.9 Å². The fraction of sp³-hybridized carbons (Fsp3) is 0.448. The molecular formula is C29H28BrNO5. The largest absolute Gasteiger partial charge is 0.508 e. The van der Waals surface area contributed by atoms with E-state index in [1.165, 1.54) is 6.08 Å². The number of ketones is 2. The Morgan fingerprint density at radius 3 is 2.50 bits per heavy atom. The number of nitrogens with zero attached hydrogens (tertiary/aromatic N) is 1. The quantitative estimate of drug-likeness (QED) is 0.321. The first-order valence-electron chi connectivity index (χ1n) is 12.8. The van der Waals surface area contributed by atoms with Gasteiger partial charge in [-0.1, -0.05) is 46.8 Å². The lowest BCUT2D eigenvalue weighted by molar-refractivity contribution is -0.143. The number of hydrogen-bond donors (Lipinski definition) is 1. The van der Waals surface area contributed by atoms with Crippen LogP contribution in [0, 0.1) is 17.8 Å². The molecule has 6 nitrogen and oxygen atoms in total. The summed E-state index contributed by atoms with van der Waals surface area (Å²) in [6.07, 6.45) is 8.94. The second kappa shape index (κ2) is 8.65. The van der Waals surface area contributed by atoms with Crippen molar-refractivity contribution in [3.05, 3.63) is 62.7 Å². The van der Waals surface area contributed by atoms with Crippen LogP contribution in [0.5, 0.6) is 5.75 Å². The number of carbonyl (C=O) groups is 4. The van der Waals surface area contributed by atoms with E-state index in [0.29, 0.717) is 28.7 Å². The third-order valence-corrected chi connectivity index (χ3v) is 9.33. The maximum atomic E-state index is 13.9. The lowest BCUT2D eigenvalue weighted by Crippen LogP contribution is -2.43. The van der Waals surface area contributed by atoms with Crippen LogP contribution in [0.2, 0.25) is 0 Å². The Hall–Kier alpha value is -2.80. The molecule has 7 heteroatoms. The number of phenolic OH excluding ortho intramolecular Hbond substituents is 1. The summed E-state index contributed by atoms with van der Waals surface area (Å²) in [4.78, 5) is 55.6. The van der Waals surface area contributed by atoms with Crippen LogP contribution in [-0.4, -0.2) is 39.4 Å². The van der Waals surface area contributed by atoms with Gasteiger partial charge in [0.1, 0.15) is 5.75 Å². The van der Waals surface area contributed by atoms with Gasteiger partial charge in [-0.05, 0) is 62.8 Å².